The molecule has 0 aromatic heterocycles. The van der Waals surface area contributed by atoms with Crippen molar-refractivity contribution in [3.63, 3.8) is 0 Å². The molecule has 37 heavy (non-hydrogen) atoms. The highest BCUT2D eigenvalue weighted by Crippen LogP contribution is 2.33. The van der Waals surface area contributed by atoms with Crippen LogP contribution in [0.4, 0.5) is 0 Å². The Labute approximate surface area is 212 Å². The number of amides is 1. The van der Waals surface area contributed by atoms with Gasteiger partial charge < -0.3 is 74.6 Å². The maximum Gasteiger partial charge on any atom is 0.217 e. The Bertz CT molecular complexity index is 747. The van der Waals surface area contributed by atoms with Crippen LogP contribution < -0.4 is 5.32 Å². The molecule has 0 spiro atoms. The summed E-state index contributed by atoms with van der Waals surface area (Å²) in [6.45, 7) is 1.20. The van der Waals surface area contributed by atoms with Gasteiger partial charge in [0, 0.05) is 14.0 Å². The summed E-state index contributed by atoms with van der Waals surface area (Å²) >= 11 is 0. The van der Waals surface area contributed by atoms with Gasteiger partial charge in [-0.3, -0.25) is 4.79 Å². The number of aliphatic hydroxyl groups is 8. The third-order valence-corrected chi connectivity index (χ3v) is 6.67. The van der Waals surface area contributed by atoms with E-state index in [-0.39, 0.29) is 0 Å². The molecule has 3 saturated heterocycles. The summed E-state index contributed by atoms with van der Waals surface area (Å²) in [7, 11) is 1.26. The van der Waals surface area contributed by atoms with Crippen molar-refractivity contribution in [2.75, 3.05) is 20.3 Å². The Morgan fingerprint density at radius 3 is 1.86 bits per heavy atom. The highest BCUT2D eigenvalue weighted by atomic mass is 16.8. The summed E-state index contributed by atoms with van der Waals surface area (Å²) in [5.74, 6) is -0.541. The van der Waals surface area contributed by atoms with Crippen molar-refractivity contribution in [3.8, 4) is 0 Å². The standard InChI is InChI=1S/C21H37NO15/c1-6-11(26)14(29)16(31)20(33-6)37-18-15(30)12(27)8(4-23)35-21(18)36-17-10(22-7(2)25)19(32-3)34-9(5-24)13(17)28/h6,8-21,23-24,26-31H,4-5H2,1-3H3,(H,22,25)/t6-,8+,9+,10+,11+,12-,13+,14+,15-,16-,17+,18+,19+,20-,21-/m0/s1. The molecular formula is C21H37NO15. The van der Waals surface area contributed by atoms with Crippen molar-refractivity contribution in [3.05, 3.63) is 0 Å². The first kappa shape index (κ1) is 30.5. The number of ether oxygens (including phenoxy) is 6. The summed E-state index contributed by atoms with van der Waals surface area (Å²) < 4.78 is 33.3. The van der Waals surface area contributed by atoms with Gasteiger partial charge in [0.1, 0.15) is 67.1 Å². The normalized spacial score (nSPS) is 49.0. The van der Waals surface area contributed by atoms with E-state index in [1.165, 1.54) is 21.0 Å². The van der Waals surface area contributed by atoms with Crippen molar-refractivity contribution >= 4 is 5.91 Å². The van der Waals surface area contributed by atoms with Gasteiger partial charge in [-0.1, -0.05) is 0 Å². The van der Waals surface area contributed by atoms with Crippen LogP contribution in [0.5, 0.6) is 0 Å². The molecule has 3 aliphatic rings. The molecule has 0 aromatic carbocycles. The van der Waals surface area contributed by atoms with E-state index in [1.54, 1.807) is 0 Å². The molecule has 3 heterocycles. The van der Waals surface area contributed by atoms with Crippen LogP contribution in [0.25, 0.3) is 0 Å². The van der Waals surface area contributed by atoms with Crippen molar-refractivity contribution in [1.82, 2.24) is 5.32 Å². The molecule has 1 amide bonds. The van der Waals surface area contributed by atoms with Crippen molar-refractivity contribution in [2.45, 2.75) is 106 Å². The van der Waals surface area contributed by atoms with Gasteiger partial charge in [-0.05, 0) is 6.92 Å². The van der Waals surface area contributed by atoms with Gasteiger partial charge in [0.2, 0.25) is 5.91 Å². The van der Waals surface area contributed by atoms with Crippen LogP contribution in [-0.2, 0) is 33.2 Å². The van der Waals surface area contributed by atoms with Gasteiger partial charge in [-0.25, -0.2) is 0 Å². The fourth-order valence-corrected chi connectivity index (χ4v) is 4.57. The van der Waals surface area contributed by atoms with Crippen LogP contribution in [0.2, 0.25) is 0 Å². The molecule has 0 saturated carbocycles. The molecule has 15 atom stereocenters. The van der Waals surface area contributed by atoms with E-state index in [9.17, 15) is 45.6 Å². The molecule has 9 N–H and O–H groups in total. The van der Waals surface area contributed by atoms with E-state index in [0.29, 0.717) is 0 Å². The number of hydrogen-bond donors (Lipinski definition) is 9. The maximum absolute atomic E-state index is 11.9. The third kappa shape index (κ3) is 6.39. The Balaban J connectivity index is 1.91. The van der Waals surface area contributed by atoms with E-state index >= 15 is 0 Å². The van der Waals surface area contributed by atoms with E-state index < -0.39 is 111 Å². The van der Waals surface area contributed by atoms with Gasteiger partial charge in [0.25, 0.3) is 0 Å². The molecule has 3 aliphatic heterocycles. The molecule has 16 heteroatoms. The number of hydrogen-bond acceptors (Lipinski definition) is 15. The third-order valence-electron chi connectivity index (χ3n) is 6.67. The predicted molar refractivity (Wildman–Crippen MR) is 116 cm³/mol. The number of nitrogens with one attached hydrogen (secondary N) is 1. The van der Waals surface area contributed by atoms with E-state index in [2.05, 4.69) is 5.32 Å². The molecule has 3 fully saturated rings. The highest BCUT2D eigenvalue weighted by molar-refractivity contribution is 5.73. The summed E-state index contributed by atoms with van der Waals surface area (Å²) in [6, 6.07) is -1.16. The zero-order valence-electron chi connectivity index (χ0n) is 20.5. The lowest BCUT2D eigenvalue weighted by atomic mass is 9.95. The van der Waals surface area contributed by atoms with Crippen LogP contribution in [0.1, 0.15) is 13.8 Å². The zero-order chi connectivity index (χ0) is 27.6. The number of methoxy groups -OCH3 is 1. The molecule has 3 rings (SSSR count). The largest absolute Gasteiger partial charge is 0.394 e. The summed E-state index contributed by atoms with van der Waals surface area (Å²) in [6.07, 6.45) is -21.0. The number of carbonyl (C=O) groups is 1. The second-order valence-corrected chi connectivity index (χ2v) is 9.27. The quantitative estimate of drug-likeness (QED) is 0.138. The first-order valence-electron chi connectivity index (χ1n) is 11.8. The van der Waals surface area contributed by atoms with Crippen LogP contribution in [0.3, 0.4) is 0 Å². The fourth-order valence-electron chi connectivity index (χ4n) is 4.57. The van der Waals surface area contributed by atoms with E-state index in [4.69, 9.17) is 28.4 Å². The Kier molecular flexibility index (Phi) is 10.6. The number of rotatable bonds is 8. The van der Waals surface area contributed by atoms with Gasteiger partial charge in [-0.2, -0.15) is 0 Å². The van der Waals surface area contributed by atoms with Gasteiger partial charge in [0.15, 0.2) is 18.9 Å². The predicted octanol–water partition coefficient (Wildman–Crippen LogP) is -5.75. The SMILES string of the molecule is CO[C@@H]1O[C@H](CO)[C@@H](O)[C@H](O[C@@H]2O[C@H](CO)[C@H](O)[C@H](O)[C@H]2O[C@@H]2O[C@@H](C)[C@@H](O)[C@@H](O)[C@@H]2O)[C@H]1NC(C)=O. The Morgan fingerprint density at radius 1 is 0.730 bits per heavy atom. The zero-order valence-corrected chi connectivity index (χ0v) is 20.5. The smallest absolute Gasteiger partial charge is 0.217 e. The van der Waals surface area contributed by atoms with E-state index in [0.717, 1.165) is 0 Å². The van der Waals surface area contributed by atoms with Crippen molar-refractivity contribution < 1.29 is 74.1 Å². The Morgan fingerprint density at radius 2 is 1.30 bits per heavy atom. The van der Waals surface area contributed by atoms with Gasteiger partial charge in [-0.15, -0.1) is 0 Å². The molecular weight excluding hydrogens is 506 g/mol. The fraction of sp³-hybridized carbons (Fsp3) is 0.952. The number of carbonyl (C=O) groups excluding carboxylic acids is 1. The lowest BCUT2D eigenvalue weighted by Crippen LogP contribution is -2.68. The minimum Gasteiger partial charge on any atom is -0.394 e. The molecule has 0 unspecified atom stereocenters. The van der Waals surface area contributed by atoms with Crippen LogP contribution in [0.15, 0.2) is 0 Å². The van der Waals surface area contributed by atoms with Gasteiger partial charge in [0.05, 0.1) is 19.3 Å². The summed E-state index contributed by atoms with van der Waals surface area (Å²) in [5.41, 5.74) is 0. The van der Waals surface area contributed by atoms with Crippen molar-refractivity contribution in [1.29, 1.82) is 0 Å². The molecule has 0 bridgehead atoms. The molecule has 16 nitrogen and oxygen atoms in total. The summed E-state index contributed by atoms with van der Waals surface area (Å²) in [5, 5.41) is 84.3. The molecule has 0 aromatic rings. The molecule has 0 radical (unpaired) electrons. The lowest BCUT2D eigenvalue weighted by molar-refractivity contribution is -0.380. The van der Waals surface area contributed by atoms with Crippen LogP contribution >= 0.6 is 0 Å². The maximum atomic E-state index is 11.9. The average molecular weight is 544 g/mol. The van der Waals surface area contributed by atoms with E-state index in [1.807, 2.05) is 0 Å². The highest BCUT2D eigenvalue weighted by Gasteiger charge is 2.54. The van der Waals surface area contributed by atoms with Crippen LogP contribution in [-0.4, -0.2) is 159 Å². The Hall–Kier alpha value is -1.09. The topological polar surface area (TPSA) is 246 Å². The first-order valence-corrected chi connectivity index (χ1v) is 11.8. The van der Waals surface area contributed by atoms with Crippen molar-refractivity contribution in [2.24, 2.45) is 0 Å². The lowest BCUT2D eigenvalue weighted by Gasteiger charge is -2.49. The average Bonchev–Trinajstić information content (AvgIpc) is 2.86. The monoisotopic (exact) mass is 543 g/mol. The minimum atomic E-state index is -1.80. The molecule has 216 valence electrons. The van der Waals surface area contributed by atoms with Crippen LogP contribution in [0, 0.1) is 0 Å². The first-order chi connectivity index (χ1) is 17.4. The van der Waals surface area contributed by atoms with Gasteiger partial charge >= 0.3 is 0 Å². The minimum absolute atomic E-state index is 0.541. The summed E-state index contributed by atoms with van der Waals surface area (Å²) in [4.78, 5) is 11.9. The second kappa shape index (κ2) is 12.8. The number of aliphatic hydroxyl groups excluding tert-OH is 8. The molecule has 0 aliphatic carbocycles. The second-order valence-electron chi connectivity index (χ2n) is 9.27.